The molecule has 0 spiro atoms. The second-order valence-electron chi connectivity index (χ2n) is 9.15. The van der Waals surface area contributed by atoms with Crippen LogP contribution in [0.2, 0.25) is 12.1 Å². The highest BCUT2D eigenvalue weighted by atomic mass is 28.4. The van der Waals surface area contributed by atoms with Crippen LogP contribution in [0, 0.1) is 0 Å². The summed E-state index contributed by atoms with van der Waals surface area (Å²) >= 11 is 0. The molecule has 0 unspecified atom stereocenters. The molecule has 1 aromatic carbocycles. The van der Waals surface area contributed by atoms with Crippen LogP contribution in [-0.4, -0.2) is 21.8 Å². The normalized spacial score (nSPS) is 11.8. The smallest absolute Gasteiger partial charge is 0.337 e. The first-order valence-corrected chi connectivity index (χ1v) is 15.8. The number of aryl methyl sites for hydroxylation is 1. The van der Waals surface area contributed by atoms with Gasteiger partial charge in [-0.25, -0.2) is 0 Å². The third kappa shape index (κ3) is 14.9. The van der Waals surface area contributed by atoms with Crippen LogP contribution in [0.5, 0.6) is 0 Å². The summed E-state index contributed by atoms with van der Waals surface area (Å²) in [5, 5.41) is 0. The standard InChI is InChI=1S/C28H52O2Si/c1-4-7-8-9-10-11-12-13-14-15-16-17-21-26-29-31(5-2,6-3)30-27-22-25-28-23-19-18-20-24-28/h18-20,23-24H,4-17,21-22,25-27H2,1-3H3. The molecule has 31 heavy (non-hydrogen) atoms. The minimum atomic E-state index is -1.98. The van der Waals surface area contributed by atoms with Crippen LogP contribution in [0.3, 0.4) is 0 Å². The van der Waals surface area contributed by atoms with Crippen LogP contribution < -0.4 is 0 Å². The van der Waals surface area contributed by atoms with Gasteiger partial charge in [-0.3, -0.25) is 0 Å². The van der Waals surface area contributed by atoms with Gasteiger partial charge in [0, 0.05) is 13.2 Å². The Bertz CT molecular complexity index is 487. The number of rotatable bonds is 22. The lowest BCUT2D eigenvalue weighted by Gasteiger charge is -2.29. The quantitative estimate of drug-likeness (QED) is 0.130. The lowest BCUT2D eigenvalue weighted by molar-refractivity contribution is 0.164. The van der Waals surface area contributed by atoms with E-state index in [2.05, 4.69) is 51.1 Å². The summed E-state index contributed by atoms with van der Waals surface area (Å²) in [5.41, 5.74) is 1.40. The predicted octanol–water partition coefficient (Wildman–Crippen LogP) is 9.23. The van der Waals surface area contributed by atoms with Gasteiger partial charge in [-0.1, -0.05) is 128 Å². The van der Waals surface area contributed by atoms with Gasteiger partial charge in [0.25, 0.3) is 0 Å². The molecule has 0 bridgehead atoms. The van der Waals surface area contributed by atoms with Gasteiger partial charge >= 0.3 is 8.56 Å². The van der Waals surface area contributed by atoms with E-state index in [4.69, 9.17) is 8.85 Å². The first-order chi connectivity index (χ1) is 15.3. The topological polar surface area (TPSA) is 18.5 Å². The molecule has 1 rings (SSSR count). The van der Waals surface area contributed by atoms with Gasteiger partial charge < -0.3 is 8.85 Å². The third-order valence-corrected chi connectivity index (χ3v) is 10.1. The van der Waals surface area contributed by atoms with E-state index in [0.29, 0.717) is 0 Å². The number of unbranched alkanes of at least 4 members (excludes halogenated alkanes) is 12. The van der Waals surface area contributed by atoms with E-state index in [0.717, 1.165) is 38.1 Å². The maximum atomic E-state index is 6.40. The van der Waals surface area contributed by atoms with Gasteiger partial charge in [-0.2, -0.15) is 0 Å². The van der Waals surface area contributed by atoms with Crippen LogP contribution in [-0.2, 0) is 15.3 Å². The summed E-state index contributed by atoms with van der Waals surface area (Å²) in [6.45, 7) is 8.51. The van der Waals surface area contributed by atoms with Gasteiger partial charge in [-0.05, 0) is 36.9 Å². The zero-order chi connectivity index (χ0) is 22.5. The Morgan fingerprint density at radius 3 is 1.48 bits per heavy atom. The van der Waals surface area contributed by atoms with Crippen molar-refractivity contribution in [2.75, 3.05) is 13.2 Å². The van der Waals surface area contributed by atoms with Crippen molar-refractivity contribution in [1.29, 1.82) is 0 Å². The van der Waals surface area contributed by atoms with Crippen molar-refractivity contribution in [3.63, 3.8) is 0 Å². The molecule has 3 heteroatoms. The van der Waals surface area contributed by atoms with Gasteiger partial charge in [0.15, 0.2) is 0 Å². The average molecular weight is 449 g/mol. The molecule has 0 aliphatic rings. The zero-order valence-electron chi connectivity index (χ0n) is 21.1. The number of benzene rings is 1. The van der Waals surface area contributed by atoms with Crippen LogP contribution >= 0.6 is 0 Å². The molecule has 1 aromatic rings. The maximum absolute atomic E-state index is 6.40. The monoisotopic (exact) mass is 448 g/mol. The van der Waals surface area contributed by atoms with Crippen molar-refractivity contribution in [3.05, 3.63) is 35.9 Å². The van der Waals surface area contributed by atoms with Crippen molar-refractivity contribution in [2.45, 2.75) is 129 Å². The molecule has 0 saturated heterocycles. The molecule has 0 radical (unpaired) electrons. The largest absolute Gasteiger partial charge is 0.394 e. The summed E-state index contributed by atoms with van der Waals surface area (Å²) in [4.78, 5) is 0. The Labute approximate surface area is 195 Å². The highest BCUT2D eigenvalue weighted by Gasteiger charge is 2.33. The molecular formula is C28H52O2Si. The maximum Gasteiger partial charge on any atom is 0.337 e. The summed E-state index contributed by atoms with van der Waals surface area (Å²) in [5.74, 6) is 0. The zero-order valence-corrected chi connectivity index (χ0v) is 22.1. The van der Waals surface area contributed by atoms with E-state index >= 15 is 0 Å². The molecule has 0 N–H and O–H groups in total. The summed E-state index contributed by atoms with van der Waals surface area (Å²) in [6, 6.07) is 12.8. The van der Waals surface area contributed by atoms with E-state index < -0.39 is 8.56 Å². The second-order valence-corrected chi connectivity index (χ2v) is 13.0. The molecule has 0 aromatic heterocycles. The fourth-order valence-corrected chi connectivity index (χ4v) is 6.69. The first-order valence-electron chi connectivity index (χ1n) is 13.6. The Balaban J connectivity index is 1.99. The van der Waals surface area contributed by atoms with Crippen LogP contribution in [0.4, 0.5) is 0 Å². The van der Waals surface area contributed by atoms with Crippen molar-refractivity contribution >= 4 is 8.56 Å². The van der Waals surface area contributed by atoms with Gasteiger partial charge in [-0.15, -0.1) is 0 Å². The lowest BCUT2D eigenvalue weighted by Crippen LogP contribution is -2.41. The molecule has 0 saturated carbocycles. The van der Waals surface area contributed by atoms with E-state index in [1.54, 1.807) is 0 Å². The molecule has 0 aliphatic heterocycles. The van der Waals surface area contributed by atoms with Crippen molar-refractivity contribution in [1.82, 2.24) is 0 Å². The Hall–Kier alpha value is -0.643. The van der Waals surface area contributed by atoms with E-state index in [1.807, 2.05) is 0 Å². The third-order valence-electron chi connectivity index (χ3n) is 6.51. The number of hydrogen-bond donors (Lipinski definition) is 0. The molecule has 180 valence electrons. The van der Waals surface area contributed by atoms with Crippen LogP contribution in [0.1, 0.15) is 116 Å². The highest BCUT2D eigenvalue weighted by Crippen LogP contribution is 2.20. The minimum absolute atomic E-state index is 0.835. The molecular weight excluding hydrogens is 396 g/mol. The molecule has 0 atom stereocenters. The van der Waals surface area contributed by atoms with Crippen molar-refractivity contribution in [3.8, 4) is 0 Å². The van der Waals surface area contributed by atoms with E-state index in [1.165, 1.54) is 89.0 Å². The molecule has 0 fully saturated rings. The Morgan fingerprint density at radius 1 is 0.548 bits per heavy atom. The minimum Gasteiger partial charge on any atom is -0.394 e. The van der Waals surface area contributed by atoms with Crippen LogP contribution in [0.15, 0.2) is 30.3 Å². The SMILES string of the molecule is CCCCCCCCCCCCCCCO[Si](CC)(CC)OCCCc1ccccc1. The summed E-state index contributed by atoms with van der Waals surface area (Å²) in [7, 11) is -1.98. The lowest BCUT2D eigenvalue weighted by atomic mass is 10.0. The Morgan fingerprint density at radius 2 is 1.00 bits per heavy atom. The predicted molar refractivity (Wildman–Crippen MR) is 139 cm³/mol. The van der Waals surface area contributed by atoms with Crippen molar-refractivity contribution < 1.29 is 8.85 Å². The van der Waals surface area contributed by atoms with Gasteiger partial charge in [0.05, 0.1) is 0 Å². The number of hydrogen-bond acceptors (Lipinski definition) is 2. The molecule has 0 aliphatic carbocycles. The molecule has 2 nitrogen and oxygen atoms in total. The van der Waals surface area contributed by atoms with Crippen molar-refractivity contribution in [2.24, 2.45) is 0 Å². The molecule has 0 heterocycles. The average Bonchev–Trinajstić information content (AvgIpc) is 2.81. The highest BCUT2D eigenvalue weighted by molar-refractivity contribution is 6.67. The summed E-state index contributed by atoms with van der Waals surface area (Å²) in [6.07, 6.45) is 20.3. The fraction of sp³-hybridized carbons (Fsp3) is 0.786. The van der Waals surface area contributed by atoms with E-state index in [-0.39, 0.29) is 0 Å². The van der Waals surface area contributed by atoms with E-state index in [9.17, 15) is 0 Å². The Kier molecular flexibility index (Phi) is 18.3. The van der Waals surface area contributed by atoms with Crippen LogP contribution in [0.25, 0.3) is 0 Å². The van der Waals surface area contributed by atoms with Gasteiger partial charge in [0.1, 0.15) is 0 Å². The fourth-order valence-electron chi connectivity index (χ4n) is 4.26. The first kappa shape index (κ1) is 28.4. The second kappa shape index (κ2) is 20.0. The van der Waals surface area contributed by atoms with Gasteiger partial charge in [0.2, 0.25) is 0 Å². The molecule has 0 amide bonds. The summed E-state index contributed by atoms with van der Waals surface area (Å²) < 4.78 is 12.8.